The molecular weight excluding hydrogens is 388 g/mol. The summed E-state index contributed by atoms with van der Waals surface area (Å²) in [5, 5.41) is 5.52. The number of fused-ring (bicyclic) bond motifs is 1. The minimum absolute atomic E-state index is 0.0308. The van der Waals surface area contributed by atoms with Crippen LogP contribution in [0.1, 0.15) is 20.9 Å². The fourth-order valence-corrected chi connectivity index (χ4v) is 4.22. The topological polar surface area (TPSA) is 94.6 Å². The van der Waals surface area contributed by atoms with E-state index < -0.39 is 24.5 Å². The minimum Gasteiger partial charge on any atom is -0.469 e. The fourth-order valence-electron chi connectivity index (χ4n) is 2.39. The van der Waals surface area contributed by atoms with E-state index in [4.69, 9.17) is 4.74 Å². The number of hydrogen-bond acceptors (Lipinski definition) is 8. The van der Waals surface area contributed by atoms with Gasteiger partial charge in [0.05, 0.1) is 19.2 Å². The van der Waals surface area contributed by atoms with Crippen LogP contribution in [0.25, 0.3) is 10.1 Å². The van der Waals surface area contributed by atoms with Crippen LogP contribution in [-0.4, -0.2) is 36.5 Å². The fraction of sp³-hybridized carbons (Fsp3) is 0.222. The largest absolute Gasteiger partial charge is 0.469 e. The second-order valence-corrected chi connectivity index (χ2v) is 7.48. The molecule has 2 aromatic heterocycles. The Balaban J connectivity index is 1.56. The summed E-state index contributed by atoms with van der Waals surface area (Å²) in [7, 11) is 1.30. The molecule has 3 rings (SSSR count). The van der Waals surface area contributed by atoms with E-state index in [0.29, 0.717) is 15.7 Å². The normalized spacial score (nSPS) is 10.6. The van der Waals surface area contributed by atoms with E-state index in [1.54, 1.807) is 5.38 Å². The number of esters is 2. The van der Waals surface area contributed by atoms with Gasteiger partial charge in [0.15, 0.2) is 11.7 Å². The molecule has 0 bridgehead atoms. The first-order chi connectivity index (χ1) is 13.0. The highest BCUT2D eigenvalue weighted by atomic mass is 32.1. The van der Waals surface area contributed by atoms with Crippen LogP contribution in [0, 0.1) is 6.92 Å². The van der Waals surface area contributed by atoms with E-state index in [9.17, 15) is 14.4 Å². The number of aromatic nitrogens is 1. The number of nitrogens with one attached hydrogen (secondary N) is 1. The van der Waals surface area contributed by atoms with E-state index in [0.717, 1.165) is 15.6 Å². The molecule has 0 fully saturated rings. The van der Waals surface area contributed by atoms with E-state index in [-0.39, 0.29) is 6.42 Å². The van der Waals surface area contributed by atoms with E-state index in [1.807, 2.05) is 31.2 Å². The Morgan fingerprint density at radius 1 is 1.22 bits per heavy atom. The molecule has 1 aromatic carbocycles. The van der Waals surface area contributed by atoms with Crippen molar-refractivity contribution in [3.05, 3.63) is 45.8 Å². The molecule has 0 aliphatic rings. The Morgan fingerprint density at radius 3 is 2.74 bits per heavy atom. The van der Waals surface area contributed by atoms with Gasteiger partial charge in [0, 0.05) is 10.1 Å². The number of rotatable bonds is 6. The van der Waals surface area contributed by atoms with Crippen LogP contribution in [0.15, 0.2) is 29.6 Å². The highest BCUT2D eigenvalue weighted by Crippen LogP contribution is 2.30. The van der Waals surface area contributed by atoms with Crippen molar-refractivity contribution in [1.82, 2.24) is 4.98 Å². The lowest BCUT2D eigenvalue weighted by atomic mass is 10.1. The summed E-state index contributed by atoms with van der Waals surface area (Å²) in [5.41, 5.74) is 1.34. The summed E-state index contributed by atoms with van der Waals surface area (Å²) >= 11 is 2.52. The summed E-state index contributed by atoms with van der Waals surface area (Å²) in [6, 6.07) is 7.69. The molecule has 0 spiro atoms. The van der Waals surface area contributed by atoms with Gasteiger partial charge >= 0.3 is 11.9 Å². The van der Waals surface area contributed by atoms with Crippen molar-refractivity contribution in [2.45, 2.75) is 13.3 Å². The van der Waals surface area contributed by atoms with E-state index in [2.05, 4.69) is 15.0 Å². The second kappa shape index (κ2) is 8.28. The quantitative estimate of drug-likeness (QED) is 0.634. The van der Waals surface area contributed by atoms with Gasteiger partial charge in [-0.05, 0) is 23.9 Å². The molecule has 0 saturated heterocycles. The summed E-state index contributed by atoms with van der Waals surface area (Å²) in [6.07, 6.45) is 0.0308. The maximum atomic E-state index is 12.3. The molecule has 7 nitrogen and oxygen atoms in total. The highest BCUT2D eigenvalue weighted by molar-refractivity contribution is 7.21. The van der Waals surface area contributed by atoms with Crippen molar-refractivity contribution in [3.63, 3.8) is 0 Å². The van der Waals surface area contributed by atoms with E-state index in [1.165, 1.54) is 29.8 Å². The van der Waals surface area contributed by atoms with Crippen molar-refractivity contribution in [2.24, 2.45) is 0 Å². The number of amides is 1. The van der Waals surface area contributed by atoms with Crippen molar-refractivity contribution in [2.75, 3.05) is 19.0 Å². The number of hydrogen-bond donors (Lipinski definition) is 1. The van der Waals surface area contributed by atoms with Crippen LogP contribution < -0.4 is 5.32 Å². The van der Waals surface area contributed by atoms with Crippen LogP contribution in [0.4, 0.5) is 5.13 Å². The Kier molecular flexibility index (Phi) is 5.82. The van der Waals surface area contributed by atoms with Gasteiger partial charge in [0.1, 0.15) is 4.88 Å². The Labute approximate surface area is 162 Å². The molecule has 0 atom stereocenters. The summed E-state index contributed by atoms with van der Waals surface area (Å²) in [5.74, 6) is -1.44. The molecule has 9 heteroatoms. The highest BCUT2D eigenvalue weighted by Gasteiger charge is 2.18. The lowest BCUT2D eigenvalue weighted by Gasteiger charge is -2.04. The first-order valence-corrected chi connectivity index (χ1v) is 9.64. The molecule has 0 unspecified atom stereocenters. The molecule has 0 aliphatic heterocycles. The van der Waals surface area contributed by atoms with Crippen LogP contribution in [-0.2, 0) is 25.5 Å². The third-order valence-corrected chi connectivity index (χ3v) is 5.77. The Bertz CT molecular complexity index is 1010. The number of thiophene rings is 1. The standard InChI is InChI=1S/C18H16N2O5S2/c1-10-12-5-3-4-6-13(12)27-16(10)17(23)25-8-14(21)20-18-19-11(9-26-18)7-15(22)24-2/h3-6,9H,7-8H2,1-2H3,(H,19,20,21). The molecule has 2 heterocycles. The van der Waals surface area contributed by atoms with Gasteiger partial charge in [-0.15, -0.1) is 22.7 Å². The van der Waals surface area contributed by atoms with Gasteiger partial charge in [0.2, 0.25) is 0 Å². The SMILES string of the molecule is COC(=O)Cc1csc(NC(=O)COC(=O)c2sc3ccccc3c2C)n1. The first kappa shape index (κ1) is 19.0. The number of thiazole rings is 1. The van der Waals surface area contributed by atoms with Crippen LogP contribution in [0.2, 0.25) is 0 Å². The lowest BCUT2D eigenvalue weighted by molar-refractivity contribution is -0.139. The lowest BCUT2D eigenvalue weighted by Crippen LogP contribution is -2.20. The van der Waals surface area contributed by atoms with Crippen LogP contribution in [0.5, 0.6) is 0 Å². The maximum Gasteiger partial charge on any atom is 0.349 e. The monoisotopic (exact) mass is 404 g/mol. The zero-order chi connectivity index (χ0) is 19.4. The van der Waals surface area contributed by atoms with Gasteiger partial charge in [-0.1, -0.05) is 18.2 Å². The number of nitrogens with zero attached hydrogens (tertiary/aromatic N) is 1. The van der Waals surface area contributed by atoms with Gasteiger partial charge in [0.25, 0.3) is 5.91 Å². The molecule has 27 heavy (non-hydrogen) atoms. The zero-order valence-corrected chi connectivity index (χ0v) is 16.2. The third-order valence-electron chi connectivity index (χ3n) is 3.71. The van der Waals surface area contributed by atoms with Crippen molar-refractivity contribution in [3.8, 4) is 0 Å². The summed E-state index contributed by atoms with van der Waals surface area (Å²) in [4.78, 5) is 40.1. The van der Waals surface area contributed by atoms with Crippen molar-refractivity contribution < 1.29 is 23.9 Å². The summed E-state index contributed by atoms with van der Waals surface area (Å²) in [6.45, 7) is 1.44. The molecule has 0 aliphatic carbocycles. The molecule has 0 saturated carbocycles. The van der Waals surface area contributed by atoms with Gasteiger partial charge in [-0.2, -0.15) is 0 Å². The zero-order valence-electron chi connectivity index (χ0n) is 14.6. The van der Waals surface area contributed by atoms with Crippen molar-refractivity contribution >= 4 is 55.7 Å². The summed E-state index contributed by atoms with van der Waals surface area (Å²) < 4.78 is 10.7. The third kappa shape index (κ3) is 4.50. The Hall–Kier alpha value is -2.78. The first-order valence-electron chi connectivity index (χ1n) is 7.94. The smallest absolute Gasteiger partial charge is 0.349 e. The predicted molar refractivity (Wildman–Crippen MR) is 103 cm³/mol. The molecule has 140 valence electrons. The van der Waals surface area contributed by atoms with Crippen molar-refractivity contribution in [1.29, 1.82) is 0 Å². The number of benzene rings is 1. The molecule has 3 aromatic rings. The average molecular weight is 404 g/mol. The molecular formula is C18H16N2O5S2. The van der Waals surface area contributed by atoms with Gasteiger partial charge in [-0.25, -0.2) is 9.78 Å². The minimum atomic E-state index is -0.533. The van der Waals surface area contributed by atoms with Crippen LogP contribution in [0.3, 0.4) is 0 Å². The van der Waals surface area contributed by atoms with Gasteiger partial charge in [-0.3, -0.25) is 14.9 Å². The number of carbonyl (C=O) groups excluding carboxylic acids is 3. The number of aryl methyl sites for hydroxylation is 1. The molecule has 1 amide bonds. The van der Waals surface area contributed by atoms with E-state index >= 15 is 0 Å². The Morgan fingerprint density at radius 2 is 2.00 bits per heavy atom. The van der Waals surface area contributed by atoms with Gasteiger partial charge < -0.3 is 9.47 Å². The predicted octanol–water partition coefficient (Wildman–Crippen LogP) is 3.18. The number of ether oxygens (including phenoxy) is 2. The average Bonchev–Trinajstić information content (AvgIpc) is 3.24. The number of carbonyl (C=O) groups is 3. The van der Waals surface area contributed by atoms with Crippen LogP contribution >= 0.6 is 22.7 Å². The maximum absolute atomic E-state index is 12.3. The number of anilines is 1. The molecule has 1 N–H and O–H groups in total. The second-order valence-electron chi connectivity index (χ2n) is 5.57. The molecule has 0 radical (unpaired) electrons. The number of methoxy groups -OCH3 is 1.